The van der Waals surface area contributed by atoms with Gasteiger partial charge in [-0.15, -0.1) is 0 Å². The average molecular weight is 297 g/mol. The molecule has 3 heteroatoms. The predicted molar refractivity (Wildman–Crippen MR) is 90.6 cm³/mol. The van der Waals surface area contributed by atoms with Gasteiger partial charge in [0.1, 0.15) is 6.29 Å². The quantitative estimate of drug-likeness (QED) is 0.659. The van der Waals surface area contributed by atoms with Crippen LogP contribution in [0.25, 0.3) is 12.2 Å². The normalized spacial score (nSPS) is 16.2. The van der Waals surface area contributed by atoms with E-state index in [2.05, 4.69) is 5.32 Å². The molecule has 1 aliphatic rings. The highest BCUT2D eigenvalue weighted by atomic mass is 16.1. The Kier molecular flexibility index (Phi) is 6.13. The van der Waals surface area contributed by atoms with Gasteiger partial charge >= 0.3 is 0 Å². The third-order valence-corrected chi connectivity index (χ3v) is 3.96. The first-order valence-corrected chi connectivity index (χ1v) is 7.93. The molecule has 1 N–H and O–H groups in total. The van der Waals surface area contributed by atoms with Crippen molar-refractivity contribution in [2.24, 2.45) is 0 Å². The van der Waals surface area contributed by atoms with Crippen molar-refractivity contribution in [3.63, 3.8) is 0 Å². The first kappa shape index (κ1) is 16.2. The summed E-state index contributed by atoms with van der Waals surface area (Å²) in [7, 11) is 0. The third kappa shape index (κ3) is 4.69. The molecule has 116 valence electrons. The lowest BCUT2D eigenvalue weighted by Crippen LogP contribution is -2.34. The van der Waals surface area contributed by atoms with E-state index in [4.69, 9.17) is 0 Å². The number of benzene rings is 1. The summed E-state index contributed by atoms with van der Waals surface area (Å²) in [5.74, 6) is -0.0437. The molecule has 0 aliphatic heterocycles. The standard InChI is InChI=1S/C19H23NO2/c1-2-6-17-13-15(14-21)9-10-16(17)11-12-19(22)20-18-7-4-3-5-8-18/h2,6,9-14,18H,3-5,7-8H2,1H3,(H,20,22)/b6-2-,12-11+. The van der Waals surface area contributed by atoms with Crippen molar-refractivity contribution in [1.29, 1.82) is 0 Å². The Morgan fingerprint density at radius 1 is 1.14 bits per heavy atom. The molecule has 1 aromatic rings. The van der Waals surface area contributed by atoms with E-state index in [9.17, 15) is 9.59 Å². The number of allylic oxidation sites excluding steroid dienone is 1. The van der Waals surface area contributed by atoms with Crippen LogP contribution in [0.3, 0.4) is 0 Å². The van der Waals surface area contributed by atoms with Gasteiger partial charge in [-0.1, -0.05) is 43.5 Å². The Morgan fingerprint density at radius 2 is 1.91 bits per heavy atom. The maximum atomic E-state index is 12.0. The minimum atomic E-state index is -0.0437. The number of carbonyl (C=O) groups excluding carboxylic acids is 2. The van der Waals surface area contributed by atoms with Crippen molar-refractivity contribution < 1.29 is 9.59 Å². The molecular formula is C19H23NO2. The summed E-state index contributed by atoms with van der Waals surface area (Å²) in [5, 5.41) is 3.06. The average Bonchev–Trinajstić information content (AvgIpc) is 2.55. The summed E-state index contributed by atoms with van der Waals surface area (Å²) >= 11 is 0. The molecule has 0 bridgehead atoms. The number of amides is 1. The second kappa shape index (κ2) is 8.32. The molecule has 0 aromatic heterocycles. The highest BCUT2D eigenvalue weighted by Crippen LogP contribution is 2.18. The van der Waals surface area contributed by atoms with Crippen LogP contribution < -0.4 is 5.32 Å². The SMILES string of the molecule is C/C=C\c1cc(C=O)ccc1/C=C/C(=O)NC1CCCCC1. The second-order valence-electron chi connectivity index (χ2n) is 5.68. The van der Waals surface area contributed by atoms with Gasteiger partial charge in [0.25, 0.3) is 0 Å². The summed E-state index contributed by atoms with van der Waals surface area (Å²) in [6, 6.07) is 5.77. The summed E-state index contributed by atoms with van der Waals surface area (Å²) < 4.78 is 0. The molecular weight excluding hydrogens is 274 g/mol. The Bertz CT molecular complexity index is 581. The fourth-order valence-corrected chi connectivity index (χ4v) is 2.80. The van der Waals surface area contributed by atoms with Crippen LogP contribution in [0.2, 0.25) is 0 Å². The van der Waals surface area contributed by atoms with E-state index in [1.54, 1.807) is 12.1 Å². The second-order valence-corrected chi connectivity index (χ2v) is 5.68. The Morgan fingerprint density at radius 3 is 2.59 bits per heavy atom. The van der Waals surface area contributed by atoms with Gasteiger partial charge in [-0.05, 0) is 43.0 Å². The molecule has 0 saturated heterocycles. The summed E-state index contributed by atoms with van der Waals surface area (Å²) in [6.07, 6.45) is 13.9. The topological polar surface area (TPSA) is 46.2 Å². The lowest BCUT2D eigenvalue weighted by molar-refractivity contribution is -0.117. The van der Waals surface area contributed by atoms with Gasteiger partial charge in [-0.2, -0.15) is 0 Å². The first-order valence-electron chi connectivity index (χ1n) is 7.93. The van der Waals surface area contributed by atoms with Crippen LogP contribution in [0, 0.1) is 0 Å². The van der Waals surface area contributed by atoms with Crippen LogP contribution >= 0.6 is 0 Å². The molecule has 2 rings (SSSR count). The zero-order valence-corrected chi connectivity index (χ0v) is 13.0. The minimum Gasteiger partial charge on any atom is -0.350 e. The van der Waals surface area contributed by atoms with E-state index in [1.165, 1.54) is 19.3 Å². The van der Waals surface area contributed by atoms with Crippen LogP contribution in [0.1, 0.15) is 60.5 Å². The van der Waals surface area contributed by atoms with Crippen molar-refractivity contribution in [3.05, 3.63) is 47.0 Å². The van der Waals surface area contributed by atoms with Gasteiger partial charge in [0.05, 0.1) is 0 Å². The lowest BCUT2D eigenvalue weighted by atomic mass is 9.95. The van der Waals surface area contributed by atoms with Gasteiger partial charge in [0.2, 0.25) is 5.91 Å². The monoisotopic (exact) mass is 297 g/mol. The first-order chi connectivity index (χ1) is 10.7. The molecule has 0 atom stereocenters. The van der Waals surface area contributed by atoms with Crippen molar-refractivity contribution in [1.82, 2.24) is 5.32 Å². The number of carbonyl (C=O) groups is 2. The zero-order chi connectivity index (χ0) is 15.8. The van der Waals surface area contributed by atoms with Crippen LogP contribution in [0.5, 0.6) is 0 Å². The largest absolute Gasteiger partial charge is 0.350 e. The fraction of sp³-hybridized carbons (Fsp3) is 0.368. The highest BCUT2D eigenvalue weighted by molar-refractivity contribution is 5.92. The third-order valence-electron chi connectivity index (χ3n) is 3.96. The smallest absolute Gasteiger partial charge is 0.244 e. The molecule has 0 radical (unpaired) electrons. The van der Waals surface area contributed by atoms with Gasteiger partial charge in [-0.3, -0.25) is 9.59 Å². The highest BCUT2D eigenvalue weighted by Gasteiger charge is 2.14. The Balaban J connectivity index is 2.04. The number of rotatable bonds is 5. The van der Waals surface area contributed by atoms with Crippen LogP contribution in [0.15, 0.2) is 30.4 Å². The maximum Gasteiger partial charge on any atom is 0.244 e. The molecule has 0 unspecified atom stereocenters. The summed E-state index contributed by atoms with van der Waals surface area (Å²) in [6.45, 7) is 1.93. The molecule has 3 nitrogen and oxygen atoms in total. The fourth-order valence-electron chi connectivity index (χ4n) is 2.80. The number of hydrogen-bond acceptors (Lipinski definition) is 2. The molecule has 1 saturated carbocycles. The van der Waals surface area contributed by atoms with E-state index in [-0.39, 0.29) is 5.91 Å². The molecule has 1 aromatic carbocycles. The van der Waals surface area contributed by atoms with Gasteiger partial charge < -0.3 is 5.32 Å². The van der Waals surface area contributed by atoms with E-state index in [0.717, 1.165) is 30.3 Å². The molecule has 1 amide bonds. The zero-order valence-electron chi connectivity index (χ0n) is 13.0. The van der Waals surface area contributed by atoms with E-state index in [0.29, 0.717) is 11.6 Å². The van der Waals surface area contributed by atoms with Crippen molar-refractivity contribution in [2.45, 2.75) is 45.1 Å². The summed E-state index contributed by atoms with van der Waals surface area (Å²) in [4.78, 5) is 22.9. The minimum absolute atomic E-state index is 0.0437. The molecule has 1 aliphatic carbocycles. The number of aldehydes is 1. The maximum absolute atomic E-state index is 12.0. The van der Waals surface area contributed by atoms with E-state index < -0.39 is 0 Å². The molecule has 1 fully saturated rings. The van der Waals surface area contributed by atoms with Crippen LogP contribution in [-0.4, -0.2) is 18.2 Å². The van der Waals surface area contributed by atoms with Gasteiger partial charge in [-0.25, -0.2) is 0 Å². The molecule has 0 heterocycles. The number of nitrogens with one attached hydrogen (secondary N) is 1. The van der Waals surface area contributed by atoms with Gasteiger partial charge in [0.15, 0.2) is 0 Å². The Labute approximate surface area is 132 Å². The van der Waals surface area contributed by atoms with E-state index >= 15 is 0 Å². The molecule has 22 heavy (non-hydrogen) atoms. The van der Waals surface area contributed by atoms with Gasteiger partial charge in [0, 0.05) is 17.7 Å². The van der Waals surface area contributed by atoms with Crippen LogP contribution in [0.4, 0.5) is 0 Å². The van der Waals surface area contributed by atoms with Crippen molar-refractivity contribution in [3.8, 4) is 0 Å². The van der Waals surface area contributed by atoms with Crippen molar-refractivity contribution >= 4 is 24.3 Å². The number of hydrogen-bond donors (Lipinski definition) is 1. The summed E-state index contributed by atoms with van der Waals surface area (Å²) in [5.41, 5.74) is 2.51. The predicted octanol–water partition coefficient (Wildman–Crippen LogP) is 3.99. The van der Waals surface area contributed by atoms with Crippen LogP contribution in [-0.2, 0) is 4.79 Å². The molecule has 0 spiro atoms. The Hall–Kier alpha value is -2.16. The van der Waals surface area contributed by atoms with Crippen molar-refractivity contribution in [2.75, 3.05) is 0 Å². The lowest BCUT2D eigenvalue weighted by Gasteiger charge is -2.21. The van der Waals surface area contributed by atoms with E-state index in [1.807, 2.05) is 37.3 Å².